The molecule has 3 nitrogen and oxygen atoms in total. The summed E-state index contributed by atoms with van der Waals surface area (Å²) in [6.07, 6.45) is 3.08. The molecule has 2 aromatic carbocycles. The summed E-state index contributed by atoms with van der Waals surface area (Å²) in [5.74, 6) is -0.0147. The van der Waals surface area contributed by atoms with Gasteiger partial charge in [-0.15, -0.1) is 0 Å². The first kappa shape index (κ1) is 12.2. The molecular formula is C16H18N2O. The van der Waals surface area contributed by atoms with E-state index in [9.17, 15) is 4.79 Å². The minimum atomic E-state index is -0.0147. The lowest BCUT2D eigenvalue weighted by molar-refractivity contribution is 0.0936. The van der Waals surface area contributed by atoms with E-state index in [1.54, 1.807) is 0 Å². The molecule has 1 aliphatic carbocycles. The maximum atomic E-state index is 12.4. The fourth-order valence-electron chi connectivity index (χ4n) is 2.84. The number of rotatable bonds is 2. The highest BCUT2D eigenvalue weighted by atomic mass is 16.1. The Balaban J connectivity index is 1.89. The van der Waals surface area contributed by atoms with Crippen LogP contribution in [-0.4, -0.2) is 18.0 Å². The summed E-state index contributed by atoms with van der Waals surface area (Å²) in [6, 6.07) is 14.0. The smallest absolute Gasteiger partial charge is 0.252 e. The van der Waals surface area contributed by atoms with Gasteiger partial charge in [0.2, 0.25) is 0 Å². The van der Waals surface area contributed by atoms with Crippen molar-refractivity contribution in [3.63, 3.8) is 0 Å². The first-order valence-corrected chi connectivity index (χ1v) is 6.80. The van der Waals surface area contributed by atoms with Gasteiger partial charge in [-0.05, 0) is 36.1 Å². The molecule has 0 bridgehead atoms. The second-order valence-corrected chi connectivity index (χ2v) is 5.20. The molecule has 0 aliphatic heterocycles. The maximum absolute atomic E-state index is 12.4. The molecule has 1 saturated carbocycles. The SMILES string of the molecule is NC1CCCC1NC(=O)c1cccc2ccccc12. The predicted octanol–water partition coefficient (Wildman–Crippen LogP) is 2.45. The van der Waals surface area contributed by atoms with Gasteiger partial charge in [-0.1, -0.05) is 36.4 Å². The second-order valence-electron chi connectivity index (χ2n) is 5.20. The van der Waals surface area contributed by atoms with E-state index in [2.05, 4.69) is 5.32 Å². The van der Waals surface area contributed by atoms with Crippen LogP contribution in [0.1, 0.15) is 29.6 Å². The molecule has 0 heterocycles. The fourth-order valence-corrected chi connectivity index (χ4v) is 2.84. The molecule has 1 aliphatic rings. The van der Waals surface area contributed by atoms with E-state index in [0.717, 1.165) is 35.6 Å². The Morgan fingerprint density at radius 1 is 1.11 bits per heavy atom. The number of hydrogen-bond donors (Lipinski definition) is 2. The summed E-state index contributed by atoms with van der Waals surface area (Å²) in [5.41, 5.74) is 6.74. The quantitative estimate of drug-likeness (QED) is 0.865. The van der Waals surface area contributed by atoms with E-state index in [0.29, 0.717) is 0 Å². The highest BCUT2D eigenvalue weighted by Crippen LogP contribution is 2.21. The van der Waals surface area contributed by atoms with Crippen LogP contribution in [0.2, 0.25) is 0 Å². The van der Waals surface area contributed by atoms with Crippen LogP contribution in [0.15, 0.2) is 42.5 Å². The summed E-state index contributed by atoms with van der Waals surface area (Å²) in [7, 11) is 0. The van der Waals surface area contributed by atoms with Gasteiger partial charge in [-0.2, -0.15) is 0 Å². The van der Waals surface area contributed by atoms with Gasteiger partial charge in [0.1, 0.15) is 0 Å². The third kappa shape index (κ3) is 2.34. The number of nitrogens with two attached hydrogens (primary N) is 1. The van der Waals surface area contributed by atoms with Crippen LogP contribution in [0.4, 0.5) is 0 Å². The Bertz CT molecular complexity index is 603. The van der Waals surface area contributed by atoms with E-state index in [1.807, 2.05) is 42.5 Å². The molecule has 19 heavy (non-hydrogen) atoms. The van der Waals surface area contributed by atoms with Crippen molar-refractivity contribution in [1.29, 1.82) is 0 Å². The van der Waals surface area contributed by atoms with Gasteiger partial charge in [0.05, 0.1) is 0 Å². The van der Waals surface area contributed by atoms with Crippen molar-refractivity contribution in [2.24, 2.45) is 5.73 Å². The van der Waals surface area contributed by atoms with E-state index in [1.165, 1.54) is 0 Å². The summed E-state index contributed by atoms with van der Waals surface area (Å²) in [5, 5.41) is 5.16. The van der Waals surface area contributed by atoms with E-state index >= 15 is 0 Å². The molecule has 0 saturated heterocycles. The number of fused-ring (bicyclic) bond motifs is 1. The lowest BCUT2D eigenvalue weighted by Crippen LogP contribution is -2.44. The number of carbonyl (C=O) groups excluding carboxylic acids is 1. The molecule has 3 heteroatoms. The fraction of sp³-hybridized carbons (Fsp3) is 0.312. The van der Waals surface area contributed by atoms with Crippen molar-refractivity contribution in [2.45, 2.75) is 31.3 Å². The van der Waals surface area contributed by atoms with Crippen molar-refractivity contribution in [2.75, 3.05) is 0 Å². The molecule has 0 radical (unpaired) electrons. The molecule has 0 spiro atoms. The van der Waals surface area contributed by atoms with Crippen LogP contribution in [0.5, 0.6) is 0 Å². The van der Waals surface area contributed by atoms with Gasteiger partial charge >= 0.3 is 0 Å². The standard InChI is InChI=1S/C16H18N2O/c17-14-9-4-10-15(14)18-16(19)13-8-3-6-11-5-1-2-7-12(11)13/h1-3,5-8,14-15H,4,9-10,17H2,(H,18,19). The predicted molar refractivity (Wildman–Crippen MR) is 77.0 cm³/mol. The van der Waals surface area contributed by atoms with Gasteiger partial charge in [-0.3, -0.25) is 4.79 Å². The highest BCUT2D eigenvalue weighted by molar-refractivity contribution is 6.07. The molecule has 2 unspecified atom stereocenters. The lowest BCUT2D eigenvalue weighted by atomic mass is 10.0. The minimum absolute atomic E-state index is 0.0147. The Morgan fingerprint density at radius 3 is 2.68 bits per heavy atom. The van der Waals surface area contributed by atoms with Gasteiger partial charge in [0, 0.05) is 17.6 Å². The first-order chi connectivity index (χ1) is 9.25. The van der Waals surface area contributed by atoms with Crippen LogP contribution >= 0.6 is 0 Å². The number of benzene rings is 2. The van der Waals surface area contributed by atoms with Crippen LogP contribution in [0.3, 0.4) is 0 Å². The zero-order chi connectivity index (χ0) is 13.2. The van der Waals surface area contributed by atoms with Crippen LogP contribution < -0.4 is 11.1 Å². The summed E-state index contributed by atoms with van der Waals surface area (Å²) >= 11 is 0. The summed E-state index contributed by atoms with van der Waals surface area (Å²) in [6.45, 7) is 0. The van der Waals surface area contributed by atoms with E-state index in [-0.39, 0.29) is 18.0 Å². The Kier molecular flexibility index (Phi) is 3.22. The molecule has 98 valence electrons. The monoisotopic (exact) mass is 254 g/mol. The third-order valence-electron chi connectivity index (χ3n) is 3.92. The van der Waals surface area contributed by atoms with Crippen molar-refractivity contribution < 1.29 is 4.79 Å². The van der Waals surface area contributed by atoms with Crippen molar-refractivity contribution >= 4 is 16.7 Å². The van der Waals surface area contributed by atoms with Crippen LogP contribution in [-0.2, 0) is 0 Å². The van der Waals surface area contributed by atoms with Crippen molar-refractivity contribution in [1.82, 2.24) is 5.32 Å². The average molecular weight is 254 g/mol. The molecule has 0 aromatic heterocycles. The van der Waals surface area contributed by atoms with Gasteiger partial charge < -0.3 is 11.1 Å². The number of carbonyl (C=O) groups is 1. The van der Waals surface area contributed by atoms with Gasteiger partial charge in [0.25, 0.3) is 5.91 Å². The van der Waals surface area contributed by atoms with Gasteiger partial charge in [0.15, 0.2) is 0 Å². The topological polar surface area (TPSA) is 55.1 Å². The Morgan fingerprint density at radius 2 is 1.89 bits per heavy atom. The lowest BCUT2D eigenvalue weighted by Gasteiger charge is -2.17. The van der Waals surface area contributed by atoms with Crippen molar-refractivity contribution in [3.05, 3.63) is 48.0 Å². The van der Waals surface area contributed by atoms with E-state index < -0.39 is 0 Å². The number of hydrogen-bond acceptors (Lipinski definition) is 2. The van der Waals surface area contributed by atoms with Crippen LogP contribution in [0.25, 0.3) is 10.8 Å². The third-order valence-corrected chi connectivity index (χ3v) is 3.92. The van der Waals surface area contributed by atoms with Crippen LogP contribution in [0, 0.1) is 0 Å². The molecular weight excluding hydrogens is 236 g/mol. The molecule has 3 N–H and O–H groups in total. The molecule has 3 rings (SSSR count). The molecule has 2 aromatic rings. The maximum Gasteiger partial charge on any atom is 0.252 e. The summed E-state index contributed by atoms with van der Waals surface area (Å²) < 4.78 is 0. The first-order valence-electron chi connectivity index (χ1n) is 6.80. The molecule has 2 atom stereocenters. The zero-order valence-corrected chi connectivity index (χ0v) is 10.8. The Hall–Kier alpha value is -1.87. The average Bonchev–Trinajstić information content (AvgIpc) is 2.83. The zero-order valence-electron chi connectivity index (χ0n) is 10.8. The van der Waals surface area contributed by atoms with E-state index in [4.69, 9.17) is 5.73 Å². The number of amides is 1. The highest BCUT2D eigenvalue weighted by Gasteiger charge is 2.25. The Labute approximate surface area is 112 Å². The number of nitrogens with one attached hydrogen (secondary N) is 1. The summed E-state index contributed by atoms with van der Waals surface area (Å²) in [4.78, 5) is 12.4. The molecule has 1 amide bonds. The van der Waals surface area contributed by atoms with Crippen molar-refractivity contribution in [3.8, 4) is 0 Å². The largest absolute Gasteiger partial charge is 0.348 e. The second kappa shape index (κ2) is 5.02. The minimum Gasteiger partial charge on any atom is -0.348 e. The van der Waals surface area contributed by atoms with Gasteiger partial charge in [-0.25, -0.2) is 0 Å². The normalized spacial score (nSPS) is 22.6. The molecule has 1 fully saturated rings.